The molecule has 0 aliphatic heterocycles. The van der Waals surface area contributed by atoms with Crippen molar-refractivity contribution in [3.05, 3.63) is 22.2 Å². The minimum Gasteiger partial charge on any atom is -0.399 e. The van der Waals surface area contributed by atoms with E-state index in [4.69, 9.17) is 28.9 Å². The highest BCUT2D eigenvalue weighted by molar-refractivity contribution is 7.90. The fourth-order valence-corrected chi connectivity index (χ4v) is 2.45. The van der Waals surface area contributed by atoms with Crippen molar-refractivity contribution < 1.29 is 8.42 Å². The Bertz CT molecular complexity index is 442. The molecule has 72 valence electrons. The first-order chi connectivity index (χ1) is 5.82. The van der Waals surface area contributed by atoms with Crippen molar-refractivity contribution >= 4 is 38.7 Å². The molecule has 1 aromatic rings. The van der Waals surface area contributed by atoms with Gasteiger partial charge in [-0.2, -0.15) is 0 Å². The van der Waals surface area contributed by atoms with Crippen molar-refractivity contribution in [1.29, 1.82) is 0 Å². The summed E-state index contributed by atoms with van der Waals surface area (Å²) in [6.45, 7) is 0. The molecule has 0 aliphatic carbocycles. The van der Waals surface area contributed by atoms with Gasteiger partial charge in [-0.3, -0.25) is 0 Å². The number of halogens is 2. The molecule has 1 rings (SSSR count). The van der Waals surface area contributed by atoms with Gasteiger partial charge in [0, 0.05) is 11.9 Å². The second-order valence-corrected chi connectivity index (χ2v) is 5.36. The molecule has 0 aromatic heterocycles. The maximum atomic E-state index is 11.2. The zero-order valence-corrected chi connectivity index (χ0v) is 9.04. The molecular weight excluding hydrogens is 233 g/mol. The van der Waals surface area contributed by atoms with Gasteiger partial charge in [-0.05, 0) is 12.1 Å². The largest absolute Gasteiger partial charge is 0.399 e. The SMILES string of the molecule is CS(=O)(=O)c1cc(N)cc(Cl)c1Cl. The van der Waals surface area contributed by atoms with Gasteiger partial charge >= 0.3 is 0 Å². The van der Waals surface area contributed by atoms with Gasteiger partial charge in [-0.15, -0.1) is 0 Å². The van der Waals surface area contributed by atoms with E-state index in [1.54, 1.807) is 0 Å². The van der Waals surface area contributed by atoms with Crippen molar-refractivity contribution in [2.45, 2.75) is 4.90 Å². The van der Waals surface area contributed by atoms with Crippen LogP contribution in [0.2, 0.25) is 10.0 Å². The molecule has 0 atom stereocenters. The minimum absolute atomic E-state index is 0.0124. The quantitative estimate of drug-likeness (QED) is 0.763. The van der Waals surface area contributed by atoms with E-state index in [1.807, 2.05) is 0 Å². The molecule has 2 N–H and O–H groups in total. The zero-order valence-electron chi connectivity index (χ0n) is 6.71. The summed E-state index contributed by atoms with van der Waals surface area (Å²) in [5, 5.41) is 0.153. The first-order valence-corrected chi connectivity index (χ1v) is 5.91. The van der Waals surface area contributed by atoms with Gasteiger partial charge in [-0.1, -0.05) is 23.2 Å². The van der Waals surface area contributed by atoms with Crippen LogP contribution in [0.4, 0.5) is 5.69 Å². The maximum Gasteiger partial charge on any atom is 0.177 e. The van der Waals surface area contributed by atoms with Crippen molar-refractivity contribution in [2.75, 3.05) is 12.0 Å². The highest BCUT2D eigenvalue weighted by Gasteiger charge is 2.15. The van der Waals surface area contributed by atoms with E-state index in [9.17, 15) is 8.42 Å². The number of benzene rings is 1. The highest BCUT2D eigenvalue weighted by Crippen LogP contribution is 2.31. The fraction of sp³-hybridized carbons (Fsp3) is 0.143. The molecule has 0 saturated heterocycles. The summed E-state index contributed by atoms with van der Waals surface area (Å²) >= 11 is 11.3. The predicted molar refractivity (Wildman–Crippen MR) is 54.0 cm³/mol. The molecule has 3 nitrogen and oxygen atoms in total. The number of hydrogen-bond acceptors (Lipinski definition) is 3. The molecule has 0 radical (unpaired) electrons. The van der Waals surface area contributed by atoms with Crippen LogP contribution in [0.15, 0.2) is 17.0 Å². The summed E-state index contributed by atoms with van der Waals surface area (Å²) in [4.78, 5) is -0.0424. The number of hydrogen-bond donors (Lipinski definition) is 1. The van der Waals surface area contributed by atoms with Crippen LogP contribution in [-0.4, -0.2) is 14.7 Å². The normalized spacial score (nSPS) is 11.6. The molecule has 0 bridgehead atoms. The molecule has 0 amide bonds. The van der Waals surface area contributed by atoms with Crippen molar-refractivity contribution in [3.8, 4) is 0 Å². The first kappa shape index (κ1) is 10.6. The number of nitrogen functional groups attached to an aromatic ring is 1. The minimum atomic E-state index is -3.37. The Morgan fingerprint density at radius 1 is 1.31 bits per heavy atom. The van der Waals surface area contributed by atoms with Crippen LogP contribution in [0.3, 0.4) is 0 Å². The summed E-state index contributed by atoms with van der Waals surface area (Å²) in [6, 6.07) is 2.68. The second kappa shape index (κ2) is 3.36. The Balaban J connectivity index is 3.56. The lowest BCUT2D eigenvalue weighted by molar-refractivity contribution is 0.602. The van der Waals surface area contributed by atoms with Crippen LogP contribution < -0.4 is 5.73 Å². The van der Waals surface area contributed by atoms with Gasteiger partial charge < -0.3 is 5.73 Å². The number of nitrogens with two attached hydrogens (primary N) is 1. The van der Waals surface area contributed by atoms with Crippen LogP contribution in [-0.2, 0) is 9.84 Å². The molecule has 1 aromatic carbocycles. The third kappa shape index (κ3) is 2.27. The van der Waals surface area contributed by atoms with E-state index < -0.39 is 9.84 Å². The first-order valence-electron chi connectivity index (χ1n) is 3.27. The van der Waals surface area contributed by atoms with Crippen LogP contribution >= 0.6 is 23.2 Å². The predicted octanol–water partition coefficient (Wildman–Crippen LogP) is 1.98. The average Bonchev–Trinajstić information content (AvgIpc) is 1.94. The number of rotatable bonds is 1. The Labute approximate surface area is 86.4 Å². The number of anilines is 1. The van der Waals surface area contributed by atoms with Crippen molar-refractivity contribution in [3.63, 3.8) is 0 Å². The van der Waals surface area contributed by atoms with Gasteiger partial charge in [0.05, 0.1) is 14.9 Å². The number of sulfone groups is 1. The monoisotopic (exact) mass is 239 g/mol. The fourth-order valence-electron chi connectivity index (χ4n) is 0.854. The van der Waals surface area contributed by atoms with E-state index >= 15 is 0 Å². The lowest BCUT2D eigenvalue weighted by Crippen LogP contribution is -2.00. The summed E-state index contributed by atoms with van der Waals surface area (Å²) in [5.74, 6) is 0. The molecule has 6 heteroatoms. The molecule has 0 aliphatic rings. The van der Waals surface area contributed by atoms with Gasteiger partial charge in [0.25, 0.3) is 0 Å². The molecular formula is C7H7Cl2NO2S. The van der Waals surface area contributed by atoms with E-state index in [-0.39, 0.29) is 20.6 Å². The Morgan fingerprint density at radius 2 is 1.85 bits per heavy atom. The van der Waals surface area contributed by atoms with Crippen LogP contribution in [0, 0.1) is 0 Å². The smallest absolute Gasteiger partial charge is 0.177 e. The summed E-state index contributed by atoms with van der Waals surface area (Å²) in [6.07, 6.45) is 1.05. The maximum absolute atomic E-state index is 11.2. The molecule has 0 spiro atoms. The molecule has 0 fully saturated rings. The van der Waals surface area contributed by atoms with Gasteiger partial charge in [0.2, 0.25) is 0 Å². The summed E-state index contributed by atoms with van der Waals surface area (Å²) in [7, 11) is -3.37. The van der Waals surface area contributed by atoms with Gasteiger partial charge in [-0.25, -0.2) is 8.42 Å². The van der Waals surface area contributed by atoms with Crippen molar-refractivity contribution in [1.82, 2.24) is 0 Å². The molecule has 0 saturated carbocycles. The lowest BCUT2D eigenvalue weighted by atomic mass is 10.3. The Kier molecular flexibility index (Phi) is 2.75. The van der Waals surface area contributed by atoms with E-state index in [0.717, 1.165) is 6.26 Å². The van der Waals surface area contributed by atoms with E-state index in [2.05, 4.69) is 0 Å². The van der Waals surface area contributed by atoms with Crippen molar-refractivity contribution in [2.24, 2.45) is 0 Å². The van der Waals surface area contributed by atoms with Gasteiger partial charge in [0.15, 0.2) is 9.84 Å². The van der Waals surface area contributed by atoms with E-state index in [1.165, 1.54) is 12.1 Å². The Morgan fingerprint density at radius 3 is 2.31 bits per heavy atom. The standard InChI is InChI=1S/C7H7Cl2NO2S/c1-13(11,12)6-3-4(10)2-5(8)7(6)9/h2-3H,10H2,1H3. The summed E-state index contributed by atoms with van der Waals surface area (Å²) < 4.78 is 22.3. The van der Waals surface area contributed by atoms with Crippen LogP contribution in [0.1, 0.15) is 0 Å². The lowest BCUT2D eigenvalue weighted by Gasteiger charge is -2.04. The Hall–Kier alpha value is -0.450. The van der Waals surface area contributed by atoms with Gasteiger partial charge in [0.1, 0.15) is 0 Å². The highest BCUT2D eigenvalue weighted by atomic mass is 35.5. The molecule has 13 heavy (non-hydrogen) atoms. The third-order valence-corrected chi connectivity index (χ3v) is 3.45. The van der Waals surface area contributed by atoms with E-state index in [0.29, 0.717) is 0 Å². The average molecular weight is 240 g/mol. The third-order valence-electron chi connectivity index (χ3n) is 1.42. The molecule has 0 unspecified atom stereocenters. The van der Waals surface area contributed by atoms with Crippen LogP contribution in [0.5, 0.6) is 0 Å². The molecule has 0 heterocycles. The second-order valence-electron chi connectivity index (χ2n) is 2.59. The summed E-state index contributed by atoms with van der Waals surface area (Å²) in [5.41, 5.74) is 5.69. The van der Waals surface area contributed by atoms with Crippen LogP contribution in [0.25, 0.3) is 0 Å². The topological polar surface area (TPSA) is 60.2 Å². The zero-order chi connectivity index (χ0) is 10.2.